The highest BCUT2D eigenvalue weighted by Gasteiger charge is 2.44. The molecule has 3 aromatic heterocycles. The number of pyridine rings is 1. The van der Waals surface area contributed by atoms with Gasteiger partial charge in [0, 0.05) is 62.0 Å². The van der Waals surface area contributed by atoms with Crippen LogP contribution in [0.3, 0.4) is 0 Å². The number of nitrogens with zero attached hydrogens (tertiary/aromatic N) is 6. The van der Waals surface area contributed by atoms with Gasteiger partial charge in [0.25, 0.3) is 0 Å². The molecule has 4 aromatic rings. The molecule has 3 aliphatic heterocycles. The third kappa shape index (κ3) is 4.52. The normalized spacial score (nSPS) is 20.4. The summed E-state index contributed by atoms with van der Waals surface area (Å²) in [6, 6.07) is 10.3. The van der Waals surface area contributed by atoms with Gasteiger partial charge in [-0.15, -0.1) is 10.2 Å². The number of aryl methyl sites for hydroxylation is 1. The Hall–Kier alpha value is -3.18. The molecule has 0 radical (unpaired) electrons. The zero-order valence-electron chi connectivity index (χ0n) is 23.2. The molecule has 1 atom stereocenters. The molecule has 3 saturated heterocycles. The van der Waals surface area contributed by atoms with Crippen molar-refractivity contribution in [3.63, 3.8) is 0 Å². The summed E-state index contributed by atoms with van der Waals surface area (Å²) in [5.74, 6) is 0. The van der Waals surface area contributed by atoms with Crippen LogP contribution in [0.15, 0.2) is 41.3 Å². The number of benzene rings is 1. The van der Waals surface area contributed by atoms with Gasteiger partial charge in [0.15, 0.2) is 5.65 Å². The van der Waals surface area contributed by atoms with Gasteiger partial charge in [-0.05, 0) is 56.5 Å². The molecular formula is C30H36N6O4. The molecule has 210 valence electrons. The predicted octanol–water partition coefficient (Wildman–Crippen LogP) is 3.50. The molecule has 3 fully saturated rings. The van der Waals surface area contributed by atoms with Crippen LogP contribution >= 0.6 is 0 Å². The molecule has 0 amide bonds. The maximum Gasteiger partial charge on any atom is 0.330 e. The second-order valence-electron chi connectivity index (χ2n) is 11.7. The number of rotatable bonds is 7. The van der Waals surface area contributed by atoms with E-state index in [2.05, 4.69) is 34.2 Å². The maximum atomic E-state index is 13.3. The first-order valence-electron chi connectivity index (χ1n) is 14.3. The number of likely N-dealkylation sites (tertiary alicyclic amines) is 1. The third-order valence-corrected chi connectivity index (χ3v) is 8.97. The predicted molar refractivity (Wildman–Crippen MR) is 151 cm³/mol. The molecule has 0 bridgehead atoms. The lowest BCUT2D eigenvalue weighted by Gasteiger charge is -2.37. The van der Waals surface area contributed by atoms with E-state index in [0.29, 0.717) is 30.9 Å². The summed E-state index contributed by atoms with van der Waals surface area (Å²) in [5.41, 5.74) is 5.50. The smallest absolute Gasteiger partial charge is 0.330 e. The van der Waals surface area contributed by atoms with E-state index in [1.807, 2.05) is 29.0 Å². The SMILES string of the molecule is C[C@@H](OCCN1CCC2(COC2)C1)c1ccc(-c2ccc3nnc4c(c3c2)n(C2CCOCC2)c(=O)n4C)cn1. The molecule has 0 aliphatic carbocycles. The zero-order valence-corrected chi connectivity index (χ0v) is 23.2. The molecule has 0 saturated carbocycles. The Balaban J connectivity index is 1.10. The molecule has 1 spiro atoms. The summed E-state index contributed by atoms with van der Waals surface area (Å²) in [4.78, 5) is 20.5. The van der Waals surface area contributed by atoms with Crippen molar-refractivity contribution < 1.29 is 14.2 Å². The van der Waals surface area contributed by atoms with Crippen LogP contribution in [0, 0.1) is 5.41 Å². The van der Waals surface area contributed by atoms with E-state index in [0.717, 1.165) is 78.9 Å². The van der Waals surface area contributed by atoms with E-state index in [-0.39, 0.29) is 17.8 Å². The van der Waals surface area contributed by atoms with E-state index in [1.165, 1.54) is 6.42 Å². The lowest BCUT2D eigenvalue weighted by atomic mass is 9.85. The summed E-state index contributed by atoms with van der Waals surface area (Å²) < 4.78 is 20.7. The topological polar surface area (TPSA) is 96.5 Å². The Kier molecular flexibility index (Phi) is 6.66. The Morgan fingerprint density at radius 1 is 1.10 bits per heavy atom. The van der Waals surface area contributed by atoms with E-state index in [1.54, 1.807) is 11.6 Å². The minimum Gasteiger partial charge on any atom is -0.381 e. The highest BCUT2D eigenvalue weighted by Crippen LogP contribution is 2.37. The van der Waals surface area contributed by atoms with E-state index in [9.17, 15) is 4.79 Å². The van der Waals surface area contributed by atoms with Gasteiger partial charge in [-0.2, -0.15) is 0 Å². The molecule has 10 heteroatoms. The fraction of sp³-hybridized carbons (Fsp3) is 0.533. The van der Waals surface area contributed by atoms with Crippen LogP contribution in [0.2, 0.25) is 0 Å². The van der Waals surface area contributed by atoms with Crippen molar-refractivity contribution in [2.75, 3.05) is 52.7 Å². The number of hydrogen-bond acceptors (Lipinski definition) is 8. The van der Waals surface area contributed by atoms with Gasteiger partial charge >= 0.3 is 5.69 Å². The first-order valence-corrected chi connectivity index (χ1v) is 14.3. The molecule has 1 aromatic carbocycles. The average molecular weight is 545 g/mol. The van der Waals surface area contributed by atoms with Crippen LogP contribution in [0.1, 0.15) is 44.0 Å². The van der Waals surface area contributed by atoms with E-state index in [4.69, 9.17) is 19.2 Å². The molecule has 10 nitrogen and oxygen atoms in total. The summed E-state index contributed by atoms with van der Waals surface area (Å²) in [6.45, 7) is 9.08. The number of fused-ring (bicyclic) bond motifs is 3. The Morgan fingerprint density at radius 3 is 2.65 bits per heavy atom. The summed E-state index contributed by atoms with van der Waals surface area (Å²) in [6.07, 6.45) is 4.67. The first-order chi connectivity index (χ1) is 19.5. The highest BCUT2D eigenvalue weighted by atomic mass is 16.5. The summed E-state index contributed by atoms with van der Waals surface area (Å²) in [7, 11) is 1.77. The molecular weight excluding hydrogens is 508 g/mol. The number of ether oxygens (including phenoxy) is 3. The number of hydrogen-bond donors (Lipinski definition) is 0. The lowest BCUT2D eigenvalue weighted by Crippen LogP contribution is -2.44. The van der Waals surface area contributed by atoms with Crippen molar-refractivity contribution in [1.29, 1.82) is 0 Å². The van der Waals surface area contributed by atoms with Crippen molar-refractivity contribution in [1.82, 2.24) is 29.2 Å². The minimum atomic E-state index is -0.0811. The molecule has 6 heterocycles. The first kappa shape index (κ1) is 25.8. The second-order valence-corrected chi connectivity index (χ2v) is 11.7. The monoisotopic (exact) mass is 544 g/mol. The summed E-state index contributed by atoms with van der Waals surface area (Å²) in [5, 5.41) is 9.75. The maximum absolute atomic E-state index is 13.3. The van der Waals surface area contributed by atoms with Crippen LogP contribution in [0.25, 0.3) is 33.2 Å². The highest BCUT2D eigenvalue weighted by molar-refractivity contribution is 6.02. The van der Waals surface area contributed by atoms with Crippen molar-refractivity contribution in [2.45, 2.75) is 38.3 Å². The van der Waals surface area contributed by atoms with Crippen LogP contribution in [-0.2, 0) is 21.3 Å². The standard InChI is InChI=1S/C30H36N6O4/c1-20(40-14-11-35-10-9-30(17-35)18-39-19-30)25-5-4-22(16-31-25)21-3-6-26-24(15-21)27-28(33-32-26)34(2)29(37)36(27)23-7-12-38-13-8-23/h3-6,15-16,20,23H,7-14,17-19H2,1-2H3/t20-/m1/s1. The average Bonchev–Trinajstić information content (AvgIpc) is 3.53. The van der Waals surface area contributed by atoms with Crippen LogP contribution in [0.5, 0.6) is 0 Å². The van der Waals surface area contributed by atoms with Gasteiger partial charge < -0.3 is 19.1 Å². The van der Waals surface area contributed by atoms with Crippen molar-refractivity contribution >= 4 is 22.1 Å². The van der Waals surface area contributed by atoms with E-state index < -0.39 is 0 Å². The fourth-order valence-electron chi connectivity index (χ4n) is 6.46. The largest absolute Gasteiger partial charge is 0.381 e. The Bertz CT molecular complexity index is 1590. The minimum absolute atomic E-state index is 0.0598. The molecule has 3 aliphatic rings. The van der Waals surface area contributed by atoms with Gasteiger partial charge in [0.05, 0.1) is 37.1 Å². The van der Waals surface area contributed by atoms with Crippen LogP contribution in [-0.4, -0.2) is 81.9 Å². The van der Waals surface area contributed by atoms with Gasteiger partial charge in [-0.3, -0.25) is 14.1 Å². The second kappa shape index (κ2) is 10.3. The van der Waals surface area contributed by atoms with Gasteiger partial charge in [0.1, 0.15) is 5.52 Å². The summed E-state index contributed by atoms with van der Waals surface area (Å²) >= 11 is 0. The third-order valence-electron chi connectivity index (χ3n) is 8.97. The molecule has 0 unspecified atom stereocenters. The van der Waals surface area contributed by atoms with Crippen LogP contribution < -0.4 is 5.69 Å². The van der Waals surface area contributed by atoms with Gasteiger partial charge in [-0.25, -0.2) is 4.79 Å². The van der Waals surface area contributed by atoms with Crippen molar-refractivity contribution in [3.05, 3.63) is 52.7 Å². The van der Waals surface area contributed by atoms with Crippen molar-refractivity contribution in [3.8, 4) is 11.1 Å². The molecule has 0 N–H and O–H groups in total. The molecule has 40 heavy (non-hydrogen) atoms. The van der Waals surface area contributed by atoms with Gasteiger partial charge in [-0.1, -0.05) is 12.1 Å². The fourth-order valence-corrected chi connectivity index (χ4v) is 6.46. The Morgan fingerprint density at radius 2 is 1.93 bits per heavy atom. The van der Waals surface area contributed by atoms with Crippen LogP contribution in [0.4, 0.5) is 0 Å². The zero-order chi connectivity index (χ0) is 27.3. The number of aromatic nitrogens is 5. The Labute approximate surface area is 232 Å². The quantitative estimate of drug-likeness (QED) is 0.349. The van der Waals surface area contributed by atoms with Gasteiger partial charge in [0.2, 0.25) is 0 Å². The molecule has 7 rings (SSSR count). The number of imidazole rings is 1. The lowest BCUT2D eigenvalue weighted by molar-refractivity contribution is -0.105. The van der Waals surface area contributed by atoms with E-state index >= 15 is 0 Å². The van der Waals surface area contributed by atoms with Crippen molar-refractivity contribution in [2.24, 2.45) is 12.5 Å².